The van der Waals surface area contributed by atoms with Gasteiger partial charge in [0.2, 0.25) is 5.95 Å². The number of halogens is 3. The average Bonchev–Trinajstić information content (AvgIpc) is 2.95. The summed E-state index contributed by atoms with van der Waals surface area (Å²) in [6.45, 7) is 4.47. The monoisotopic (exact) mass is 322 g/mol. The van der Waals surface area contributed by atoms with Crippen LogP contribution in [0.2, 0.25) is 0 Å². The molecule has 0 amide bonds. The van der Waals surface area contributed by atoms with Crippen LogP contribution in [0, 0.1) is 24.4 Å². The molecular weight excluding hydrogens is 309 g/mol. The Labute approximate surface area is 128 Å². The van der Waals surface area contributed by atoms with Gasteiger partial charge in [-0.15, -0.1) is 5.10 Å². The van der Waals surface area contributed by atoms with Crippen molar-refractivity contribution in [1.29, 1.82) is 0 Å². The fourth-order valence-electron chi connectivity index (χ4n) is 2.81. The maximum absolute atomic E-state index is 14.2. The van der Waals surface area contributed by atoms with Crippen LogP contribution in [0.15, 0.2) is 6.07 Å². The molecule has 0 bridgehead atoms. The van der Waals surface area contributed by atoms with Crippen LogP contribution in [0.1, 0.15) is 5.82 Å². The lowest BCUT2D eigenvalue weighted by molar-refractivity contribution is 0.452. The molecule has 120 valence electrons. The molecule has 1 aromatic carbocycles. The van der Waals surface area contributed by atoms with Gasteiger partial charge in [-0.05, 0) is 13.0 Å². The molecule has 1 aliphatic heterocycles. The summed E-state index contributed by atoms with van der Waals surface area (Å²) in [4.78, 5) is 10.4. The van der Waals surface area contributed by atoms with Gasteiger partial charge in [0, 0.05) is 26.2 Å². The molecule has 0 atom stereocenters. The topological polar surface area (TPSA) is 58.4 Å². The molecule has 0 unspecified atom stereocenters. The first-order valence-corrected chi connectivity index (χ1v) is 7.22. The lowest BCUT2D eigenvalue weighted by atomic mass is 10.2. The van der Waals surface area contributed by atoms with Crippen LogP contribution in [0.4, 0.5) is 19.1 Å². The van der Waals surface area contributed by atoms with Crippen LogP contribution in [-0.2, 0) is 0 Å². The highest BCUT2D eigenvalue weighted by Gasteiger charge is 2.23. The number of fused-ring (bicyclic) bond motifs is 3. The Kier molecular flexibility index (Phi) is 3.12. The van der Waals surface area contributed by atoms with Gasteiger partial charge < -0.3 is 10.2 Å². The maximum Gasteiger partial charge on any atom is 0.229 e. The molecule has 9 heteroatoms. The second-order valence-corrected chi connectivity index (χ2v) is 5.43. The Hall–Kier alpha value is -2.42. The average molecular weight is 322 g/mol. The summed E-state index contributed by atoms with van der Waals surface area (Å²) in [5.41, 5.74) is 0.0242. The fourth-order valence-corrected chi connectivity index (χ4v) is 2.81. The number of benzene rings is 1. The Morgan fingerprint density at radius 2 is 1.83 bits per heavy atom. The minimum absolute atomic E-state index is 0.0980. The van der Waals surface area contributed by atoms with Crippen LogP contribution in [0.25, 0.3) is 16.6 Å². The van der Waals surface area contributed by atoms with Crippen molar-refractivity contribution in [3.8, 4) is 0 Å². The Morgan fingerprint density at radius 3 is 2.57 bits per heavy atom. The van der Waals surface area contributed by atoms with Crippen LogP contribution in [-0.4, -0.2) is 45.8 Å². The van der Waals surface area contributed by atoms with Crippen molar-refractivity contribution in [3.05, 3.63) is 29.3 Å². The number of hydrogen-bond acceptors (Lipinski definition) is 5. The van der Waals surface area contributed by atoms with Gasteiger partial charge in [0.15, 0.2) is 23.1 Å². The smallest absolute Gasteiger partial charge is 0.229 e. The summed E-state index contributed by atoms with van der Waals surface area (Å²) < 4.78 is 42.8. The molecule has 3 heterocycles. The van der Waals surface area contributed by atoms with E-state index in [0.29, 0.717) is 24.9 Å². The van der Waals surface area contributed by atoms with Gasteiger partial charge in [-0.2, -0.15) is 4.52 Å². The van der Waals surface area contributed by atoms with Crippen LogP contribution >= 0.6 is 0 Å². The zero-order valence-electron chi connectivity index (χ0n) is 12.3. The first-order chi connectivity index (χ1) is 11.1. The van der Waals surface area contributed by atoms with Crippen molar-refractivity contribution in [1.82, 2.24) is 24.9 Å². The molecular formula is C14H13F3N6. The van der Waals surface area contributed by atoms with E-state index in [2.05, 4.69) is 20.4 Å². The SMILES string of the molecule is Cc1nc2c3cc(F)c(F)c(F)c3nc(N3CCNCC3)n2n1. The molecule has 0 radical (unpaired) electrons. The summed E-state index contributed by atoms with van der Waals surface area (Å²) >= 11 is 0. The molecule has 4 rings (SSSR count). The van der Waals surface area contributed by atoms with Crippen molar-refractivity contribution in [3.63, 3.8) is 0 Å². The summed E-state index contributed by atoms with van der Waals surface area (Å²) in [5, 5.41) is 7.57. The van der Waals surface area contributed by atoms with E-state index in [0.717, 1.165) is 19.2 Å². The number of aryl methyl sites for hydroxylation is 1. The maximum atomic E-state index is 14.2. The fraction of sp³-hybridized carbons (Fsp3) is 0.357. The quantitative estimate of drug-likeness (QED) is 0.687. The van der Waals surface area contributed by atoms with Gasteiger partial charge in [0.05, 0.1) is 5.39 Å². The lowest BCUT2D eigenvalue weighted by Gasteiger charge is -2.28. The van der Waals surface area contributed by atoms with E-state index in [4.69, 9.17) is 0 Å². The van der Waals surface area contributed by atoms with Gasteiger partial charge in [-0.1, -0.05) is 0 Å². The third kappa shape index (κ3) is 2.11. The number of nitrogens with one attached hydrogen (secondary N) is 1. The zero-order chi connectivity index (χ0) is 16.1. The molecule has 2 aromatic heterocycles. The van der Waals surface area contributed by atoms with Crippen molar-refractivity contribution in [2.45, 2.75) is 6.92 Å². The minimum atomic E-state index is -1.53. The van der Waals surface area contributed by atoms with E-state index in [1.807, 2.05) is 4.90 Å². The molecule has 0 spiro atoms. The van der Waals surface area contributed by atoms with Crippen molar-refractivity contribution in [2.75, 3.05) is 31.1 Å². The van der Waals surface area contributed by atoms with Crippen LogP contribution < -0.4 is 10.2 Å². The minimum Gasteiger partial charge on any atom is -0.338 e. The predicted octanol–water partition coefficient (Wildman–Crippen LogP) is 1.41. The first kappa shape index (κ1) is 14.2. The second kappa shape index (κ2) is 5.05. The number of nitrogens with zero attached hydrogens (tertiary/aromatic N) is 5. The van der Waals surface area contributed by atoms with Gasteiger partial charge in [0.25, 0.3) is 0 Å². The van der Waals surface area contributed by atoms with Crippen molar-refractivity contribution < 1.29 is 13.2 Å². The number of aromatic nitrogens is 4. The molecule has 1 N–H and O–H groups in total. The van der Waals surface area contributed by atoms with E-state index in [-0.39, 0.29) is 16.6 Å². The molecule has 23 heavy (non-hydrogen) atoms. The highest BCUT2D eigenvalue weighted by Crippen LogP contribution is 2.27. The van der Waals surface area contributed by atoms with Gasteiger partial charge in [0.1, 0.15) is 11.3 Å². The Balaban J connectivity index is 2.08. The Bertz CT molecular complexity index is 916. The molecule has 1 aliphatic rings. The molecule has 0 aliphatic carbocycles. The van der Waals surface area contributed by atoms with Gasteiger partial charge >= 0.3 is 0 Å². The van der Waals surface area contributed by atoms with Crippen LogP contribution in [0.5, 0.6) is 0 Å². The molecule has 0 saturated carbocycles. The largest absolute Gasteiger partial charge is 0.338 e. The highest BCUT2D eigenvalue weighted by molar-refractivity contribution is 5.92. The molecule has 1 fully saturated rings. The number of anilines is 1. The van der Waals surface area contributed by atoms with E-state index in [1.165, 1.54) is 4.52 Å². The van der Waals surface area contributed by atoms with Crippen molar-refractivity contribution >= 4 is 22.5 Å². The summed E-state index contributed by atoms with van der Waals surface area (Å²) in [7, 11) is 0. The van der Waals surface area contributed by atoms with E-state index >= 15 is 0 Å². The van der Waals surface area contributed by atoms with E-state index in [1.54, 1.807) is 6.92 Å². The second-order valence-electron chi connectivity index (χ2n) is 5.43. The number of rotatable bonds is 1. The van der Waals surface area contributed by atoms with Gasteiger partial charge in [-0.25, -0.2) is 23.1 Å². The Morgan fingerprint density at radius 1 is 1.09 bits per heavy atom. The summed E-state index contributed by atoms with van der Waals surface area (Å²) in [5.74, 6) is -3.29. The normalized spacial score (nSPS) is 15.7. The van der Waals surface area contributed by atoms with E-state index < -0.39 is 17.5 Å². The van der Waals surface area contributed by atoms with Gasteiger partial charge in [-0.3, -0.25) is 0 Å². The molecule has 1 saturated heterocycles. The lowest BCUT2D eigenvalue weighted by Crippen LogP contribution is -2.44. The first-order valence-electron chi connectivity index (χ1n) is 7.22. The van der Waals surface area contributed by atoms with Crippen LogP contribution in [0.3, 0.4) is 0 Å². The number of piperazine rings is 1. The van der Waals surface area contributed by atoms with Crippen molar-refractivity contribution in [2.24, 2.45) is 0 Å². The number of hydrogen-bond donors (Lipinski definition) is 1. The summed E-state index contributed by atoms with van der Waals surface area (Å²) in [6.07, 6.45) is 0. The third-order valence-corrected chi connectivity index (χ3v) is 3.89. The zero-order valence-corrected chi connectivity index (χ0v) is 12.3. The molecule has 3 aromatic rings. The van der Waals surface area contributed by atoms with E-state index in [9.17, 15) is 13.2 Å². The standard InChI is InChI=1S/C14H13F3N6/c1-7-19-13-8-6-9(15)10(16)11(17)12(8)20-14(23(13)21-7)22-4-2-18-3-5-22/h6,18H,2-5H2,1H3. The predicted molar refractivity (Wildman–Crippen MR) is 78.0 cm³/mol. The highest BCUT2D eigenvalue weighted by atomic mass is 19.2. The third-order valence-electron chi connectivity index (χ3n) is 3.89. The summed E-state index contributed by atoms with van der Waals surface area (Å²) in [6, 6.07) is 0.908. The molecule has 6 nitrogen and oxygen atoms in total.